The number of benzene rings is 1. The minimum absolute atomic E-state index is 0.114. The fourth-order valence-corrected chi connectivity index (χ4v) is 3.59. The van der Waals surface area contributed by atoms with Crippen LogP contribution < -0.4 is 10.0 Å². The summed E-state index contributed by atoms with van der Waals surface area (Å²) in [6.45, 7) is 4.72. The van der Waals surface area contributed by atoms with Crippen LogP contribution in [0.25, 0.3) is 0 Å². The molecule has 1 fully saturated rings. The average Bonchev–Trinajstić information content (AvgIpc) is 2.50. The Morgan fingerprint density at radius 1 is 1.29 bits per heavy atom. The highest BCUT2D eigenvalue weighted by molar-refractivity contribution is 7.92. The summed E-state index contributed by atoms with van der Waals surface area (Å²) in [6, 6.07) is 4.98. The zero-order valence-corrected chi connectivity index (χ0v) is 15.4. The molecule has 1 aliphatic heterocycles. The number of carbonyl (C=O) groups excluding carboxylic acids is 1. The van der Waals surface area contributed by atoms with Gasteiger partial charge in [-0.05, 0) is 76.0 Å². The third-order valence-electron chi connectivity index (χ3n) is 4.46. The molecule has 0 aliphatic carbocycles. The Balaban J connectivity index is 1.85. The lowest BCUT2D eigenvalue weighted by Gasteiger charge is -2.28. The van der Waals surface area contributed by atoms with E-state index in [1.54, 1.807) is 25.1 Å². The number of piperidine rings is 1. The van der Waals surface area contributed by atoms with E-state index in [-0.39, 0.29) is 5.91 Å². The van der Waals surface area contributed by atoms with Crippen LogP contribution in [0.3, 0.4) is 0 Å². The minimum Gasteiger partial charge on any atom is -0.352 e. The second kappa shape index (κ2) is 7.98. The molecule has 7 heteroatoms. The molecule has 2 N–H and O–H groups in total. The molecule has 24 heavy (non-hydrogen) atoms. The maximum atomic E-state index is 12.2. The van der Waals surface area contributed by atoms with Gasteiger partial charge >= 0.3 is 0 Å². The summed E-state index contributed by atoms with van der Waals surface area (Å²) in [6.07, 6.45) is 4.50. The molecule has 1 aromatic carbocycles. The smallest absolute Gasteiger partial charge is 0.251 e. The number of likely N-dealkylation sites (tertiary alicyclic amines) is 1. The Morgan fingerprint density at radius 3 is 2.54 bits per heavy atom. The summed E-state index contributed by atoms with van der Waals surface area (Å²) in [5.74, 6) is 0.571. The molecule has 1 aromatic rings. The van der Waals surface area contributed by atoms with Crippen molar-refractivity contribution in [2.45, 2.75) is 26.2 Å². The van der Waals surface area contributed by atoms with E-state index in [4.69, 9.17) is 0 Å². The largest absolute Gasteiger partial charge is 0.352 e. The predicted molar refractivity (Wildman–Crippen MR) is 96.8 cm³/mol. The first-order valence-corrected chi connectivity index (χ1v) is 10.2. The maximum absolute atomic E-state index is 12.2. The number of nitrogens with one attached hydrogen (secondary N) is 2. The maximum Gasteiger partial charge on any atom is 0.251 e. The summed E-state index contributed by atoms with van der Waals surface area (Å²) >= 11 is 0. The van der Waals surface area contributed by atoms with Gasteiger partial charge < -0.3 is 10.2 Å². The third kappa shape index (κ3) is 5.79. The molecule has 0 atom stereocenters. The SMILES string of the molecule is Cc1cc(C(=O)NCCC2CCN(C)CC2)ccc1NS(C)(=O)=O. The highest BCUT2D eigenvalue weighted by atomic mass is 32.2. The summed E-state index contributed by atoms with van der Waals surface area (Å²) in [7, 11) is -1.18. The van der Waals surface area contributed by atoms with Crippen molar-refractivity contribution >= 4 is 21.6 Å². The van der Waals surface area contributed by atoms with E-state index >= 15 is 0 Å². The zero-order valence-electron chi connectivity index (χ0n) is 14.6. The molecule has 0 spiro atoms. The van der Waals surface area contributed by atoms with Crippen molar-refractivity contribution < 1.29 is 13.2 Å². The van der Waals surface area contributed by atoms with Gasteiger partial charge in [0.1, 0.15) is 0 Å². The molecule has 0 radical (unpaired) electrons. The van der Waals surface area contributed by atoms with Gasteiger partial charge in [-0.2, -0.15) is 0 Å². The van der Waals surface area contributed by atoms with Crippen molar-refractivity contribution in [2.24, 2.45) is 5.92 Å². The van der Waals surface area contributed by atoms with Crippen LogP contribution in [0.4, 0.5) is 5.69 Å². The number of carbonyl (C=O) groups is 1. The van der Waals surface area contributed by atoms with Crippen LogP contribution in [-0.4, -0.2) is 52.2 Å². The van der Waals surface area contributed by atoms with Gasteiger partial charge in [-0.3, -0.25) is 9.52 Å². The summed E-state index contributed by atoms with van der Waals surface area (Å²) in [5.41, 5.74) is 1.78. The van der Waals surface area contributed by atoms with E-state index in [2.05, 4.69) is 22.0 Å². The number of hydrogen-bond donors (Lipinski definition) is 2. The van der Waals surface area contributed by atoms with Crippen LogP contribution in [0.1, 0.15) is 35.2 Å². The van der Waals surface area contributed by atoms with Gasteiger partial charge in [0.05, 0.1) is 11.9 Å². The van der Waals surface area contributed by atoms with E-state index in [1.165, 1.54) is 12.8 Å². The van der Waals surface area contributed by atoms with E-state index in [0.717, 1.165) is 31.3 Å². The van der Waals surface area contributed by atoms with Crippen molar-refractivity contribution in [3.05, 3.63) is 29.3 Å². The molecule has 0 unspecified atom stereocenters. The highest BCUT2D eigenvalue weighted by Crippen LogP contribution is 2.19. The van der Waals surface area contributed by atoms with Crippen LogP contribution in [0.5, 0.6) is 0 Å². The number of sulfonamides is 1. The Kier molecular flexibility index (Phi) is 6.23. The number of hydrogen-bond acceptors (Lipinski definition) is 4. The Labute approximate surface area is 144 Å². The molecule has 0 bridgehead atoms. The number of rotatable bonds is 6. The molecular weight excluding hydrogens is 326 g/mol. The molecule has 1 heterocycles. The van der Waals surface area contributed by atoms with Gasteiger partial charge in [0.15, 0.2) is 0 Å². The topological polar surface area (TPSA) is 78.5 Å². The van der Waals surface area contributed by atoms with Crippen molar-refractivity contribution in [1.82, 2.24) is 10.2 Å². The summed E-state index contributed by atoms with van der Waals surface area (Å²) in [4.78, 5) is 14.6. The fraction of sp³-hybridized carbons (Fsp3) is 0.588. The fourth-order valence-electron chi connectivity index (χ4n) is 2.96. The normalized spacial score (nSPS) is 16.8. The Bertz CT molecular complexity index is 680. The standard InChI is InChI=1S/C17H27N3O3S/c1-13-12-15(4-5-16(13)19-24(3,22)23)17(21)18-9-6-14-7-10-20(2)11-8-14/h4-5,12,14,19H,6-11H2,1-3H3,(H,18,21). The quantitative estimate of drug-likeness (QED) is 0.818. The van der Waals surface area contributed by atoms with E-state index < -0.39 is 10.0 Å². The van der Waals surface area contributed by atoms with Crippen molar-refractivity contribution in [3.63, 3.8) is 0 Å². The number of nitrogens with zero attached hydrogens (tertiary/aromatic N) is 1. The Hall–Kier alpha value is -1.60. The van der Waals surface area contributed by atoms with Crippen molar-refractivity contribution in [1.29, 1.82) is 0 Å². The monoisotopic (exact) mass is 353 g/mol. The van der Waals surface area contributed by atoms with Crippen LogP contribution in [0.15, 0.2) is 18.2 Å². The van der Waals surface area contributed by atoms with Gasteiger partial charge in [0.25, 0.3) is 5.91 Å². The minimum atomic E-state index is -3.32. The van der Waals surface area contributed by atoms with Crippen LogP contribution in [0, 0.1) is 12.8 Å². The number of amides is 1. The van der Waals surface area contributed by atoms with Gasteiger partial charge in [0.2, 0.25) is 10.0 Å². The molecular formula is C17H27N3O3S. The summed E-state index contributed by atoms with van der Waals surface area (Å²) < 4.78 is 25.0. The molecule has 134 valence electrons. The lowest BCUT2D eigenvalue weighted by atomic mass is 9.94. The lowest BCUT2D eigenvalue weighted by Crippen LogP contribution is -2.32. The predicted octanol–water partition coefficient (Wildman–Crippen LogP) is 1.83. The number of aryl methyl sites for hydroxylation is 1. The lowest BCUT2D eigenvalue weighted by molar-refractivity contribution is 0.0949. The molecule has 0 saturated carbocycles. The van der Waals surface area contributed by atoms with Gasteiger partial charge in [-0.1, -0.05) is 0 Å². The molecule has 2 rings (SSSR count). The van der Waals surface area contributed by atoms with Gasteiger partial charge in [-0.15, -0.1) is 0 Å². The summed E-state index contributed by atoms with van der Waals surface area (Å²) in [5, 5.41) is 2.96. The molecule has 1 saturated heterocycles. The molecule has 1 amide bonds. The van der Waals surface area contributed by atoms with Crippen molar-refractivity contribution in [3.8, 4) is 0 Å². The van der Waals surface area contributed by atoms with Crippen LogP contribution in [-0.2, 0) is 10.0 Å². The van der Waals surface area contributed by atoms with Gasteiger partial charge in [-0.25, -0.2) is 8.42 Å². The second-order valence-electron chi connectivity index (χ2n) is 6.70. The van der Waals surface area contributed by atoms with E-state index in [1.807, 2.05) is 0 Å². The molecule has 1 aliphatic rings. The van der Waals surface area contributed by atoms with E-state index in [0.29, 0.717) is 23.7 Å². The average molecular weight is 353 g/mol. The second-order valence-corrected chi connectivity index (χ2v) is 8.44. The number of anilines is 1. The molecule has 0 aromatic heterocycles. The first kappa shape index (κ1) is 18.7. The van der Waals surface area contributed by atoms with Gasteiger partial charge in [0, 0.05) is 12.1 Å². The molecule has 6 nitrogen and oxygen atoms in total. The van der Waals surface area contributed by atoms with Crippen LogP contribution >= 0.6 is 0 Å². The van der Waals surface area contributed by atoms with E-state index in [9.17, 15) is 13.2 Å². The van der Waals surface area contributed by atoms with Crippen LogP contribution in [0.2, 0.25) is 0 Å². The third-order valence-corrected chi connectivity index (χ3v) is 5.05. The zero-order chi connectivity index (χ0) is 17.7. The Morgan fingerprint density at radius 2 is 1.96 bits per heavy atom. The first-order valence-electron chi connectivity index (χ1n) is 8.30. The van der Waals surface area contributed by atoms with Crippen molar-refractivity contribution in [2.75, 3.05) is 37.7 Å². The first-order chi connectivity index (χ1) is 11.2. The highest BCUT2D eigenvalue weighted by Gasteiger charge is 2.16.